The average Bonchev–Trinajstić information content (AvgIpc) is 2.33. The van der Waals surface area contributed by atoms with Gasteiger partial charge in [-0.05, 0) is 18.2 Å². The Kier molecular flexibility index (Phi) is 3.85. The van der Waals surface area contributed by atoms with Crippen LogP contribution in [-0.4, -0.2) is 4.98 Å². The van der Waals surface area contributed by atoms with Crippen molar-refractivity contribution in [3.8, 4) is 11.5 Å². The third-order valence-electron chi connectivity index (χ3n) is 2.30. The van der Waals surface area contributed by atoms with E-state index in [0.717, 1.165) is 12.3 Å². The Morgan fingerprint density at radius 3 is 2.45 bits per heavy atom. The molecule has 0 saturated carbocycles. The van der Waals surface area contributed by atoms with E-state index in [0.29, 0.717) is 10.5 Å². The van der Waals surface area contributed by atoms with Gasteiger partial charge in [0.2, 0.25) is 0 Å². The summed E-state index contributed by atoms with van der Waals surface area (Å²) in [4.78, 5) is 3.16. The number of pyridine rings is 1. The summed E-state index contributed by atoms with van der Waals surface area (Å²) in [6, 6.07) is 4.50. The molecule has 20 heavy (non-hydrogen) atoms. The van der Waals surface area contributed by atoms with Crippen molar-refractivity contribution in [3.05, 3.63) is 46.4 Å². The Balaban J connectivity index is 2.38. The second-order valence-electron chi connectivity index (χ2n) is 3.78. The molecule has 0 unspecified atom stereocenters. The predicted octanol–water partition coefficient (Wildman–Crippen LogP) is 4.38. The van der Waals surface area contributed by atoms with E-state index in [-0.39, 0.29) is 17.2 Å². The number of hydrogen-bond donors (Lipinski definition) is 1. The van der Waals surface area contributed by atoms with E-state index in [1.165, 1.54) is 12.1 Å². The number of ether oxygens (including phenoxy) is 1. The van der Waals surface area contributed by atoms with Crippen LogP contribution < -0.4 is 10.5 Å². The number of nitrogens with zero attached hydrogens (tertiary/aromatic N) is 1. The molecule has 0 spiro atoms. The number of rotatable bonds is 2. The Morgan fingerprint density at radius 1 is 1.15 bits per heavy atom. The van der Waals surface area contributed by atoms with Gasteiger partial charge in [0.1, 0.15) is 5.69 Å². The molecule has 1 aromatic carbocycles. The minimum atomic E-state index is -4.63. The summed E-state index contributed by atoms with van der Waals surface area (Å²) in [7, 11) is 0. The number of aromatic nitrogens is 1. The van der Waals surface area contributed by atoms with Crippen LogP contribution in [0.1, 0.15) is 5.69 Å². The van der Waals surface area contributed by atoms with Gasteiger partial charge in [-0.25, -0.2) is 9.37 Å². The van der Waals surface area contributed by atoms with Crippen molar-refractivity contribution < 1.29 is 22.3 Å². The molecule has 2 rings (SSSR count). The fourth-order valence-electron chi connectivity index (χ4n) is 1.37. The molecule has 0 radical (unpaired) electrons. The van der Waals surface area contributed by atoms with Crippen LogP contribution in [-0.2, 0) is 6.18 Å². The standard InChI is InChI=1S/C12H7BrF4N2O/c13-6-1-2-9(7(14)3-6)20-10-4-11(12(15,16)17)19-5-8(10)18/h1-5H,18H2. The van der Waals surface area contributed by atoms with Crippen LogP contribution in [0.2, 0.25) is 0 Å². The second kappa shape index (κ2) is 5.28. The van der Waals surface area contributed by atoms with Crippen molar-refractivity contribution in [2.75, 3.05) is 5.73 Å². The molecule has 2 N–H and O–H groups in total. The second-order valence-corrected chi connectivity index (χ2v) is 4.70. The van der Waals surface area contributed by atoms with Crippen LogP contribution in [0.15, 0.2) is 34.9 Å². The smallest absolute Gasteiger partial charge is 0.433 e. The highest BCUT2D eigenvalue weighted by molar-refractivity contribution is 9.10. The van der Waals surface area contributed by atoms with Gasteiger partial charge in [-0.3, -0.25) is 0 Å². The molecule has 3 nitrogen and oxygen atoms in total. The van der Waals surface area contributed by atoms with Gasteiger partial charge in [-0.15, -0.1) is 0 Å². The minimum Gasteiger partial charge on any atom is -0.452 e. The normalized spacial score (nSPS) is 11.4. The van der Waals surface area contributed by atoms with Crippen molar-refractivity contribution in [1.82, 2.24) is 4.98 Å². The molecule has 0 atom stereocenters. The first-order valence-corrected chi connectivity index (χ1v) is 6.02. The summed E-state index contributed by atoms with van der Waals surface area (Å²) in [6.45, 7) is 0. The van der Waals surface area contributed by atoms with Gasteiger partial charge in [-0.1, -0.05) is 15.9 Å². The van der Waals surface area contributed by atoms with Gasteiger partial charge in [0.15, 0.2) is 17.3 Å². The maximum atomic E-state index is 13.6. The maximum Gasteiger partial charge on any atom is 0.433 e. The van der Waals surface area contributed by atoms with Crippen molar-refractivity contribution in [1.29, 1.82) is 0 Å². The summed E-state index contributed by atoms with van der Waals surface area (Å²) >= 11 is 3.05. The molecule has 8 heteroatoms. The Hall–Kier alpha value is -1.83. The van der Waals surface area contributed by atoms with Crippen LogP contribution in [0.4, 0.5) is 23.2 Å². The molecule has 2 aromatic rings. The number of anilines is 1. The van der Waals surface area contributed by atoms with Crippen molar-refractivity contribution in [2.24, 2.45) is 0 Å². The van der Waals surface area contributed by atoms with Gasteiger partial charge in [0.05, 0.1) is 11.9 Å². The zero-order valence-electron chi connectivity index (χ0n) is 9.71. The van der Waals surface area contributed by atoms with E-state index in [1.807, 2.05) is 0 Å². The number of halogens is 5. The summed E-state index contributed by atoms with van der Waals surface area (Å²) in [5.41, 5.74) is 4.18. The van der Waals surface area contributed by atoms with E-state index >= 15 is 0 Å². The first kappa shape index (κ1) is 14.6. The molecule has 0 aliphatic carbocycles. The zero-order valence-corrected chi connectivity index (χ0v) is 11.3. The lowest BCUT2D eigenvalue weighted by atomic mass is 10.3. The SMILES string of the molecule is Nc1cnc(C(F)(F)F)cc1Oc1ccc(Br)cc1F. The van der Waals surface area contributed by atoms with Gasteiger partial charge < -0.3 is 10.5 Å². The summed E-state index contributed by atoms with van der Waals surface area (Å²) in [5, 5.41) is 0. The van der Waals surface area contributed by atoms with Crippen LogP contribution in [0.5, 0.6) is 11.5 Å². The molecule has 0 bridgehead atoms. The molecule has 1 aromatic heterocycles. The molecular weight excluding hydrogens is 344 g/mol. The van der Waals surface area contributed by atoms with E-state index in [1.54, 1.807) is 0 Å². The molecule has 0 amide bonds. The summed E-state index contributed by atoms with van der Waals surface area (Å²) < 4.78 is 56.7. The monoisotopic (exact) mass is 350 g/mol. The Labute approximate surface area is 119 Å². The van der Waals surface area contributed by atoms with Crippen molar-refractivity contribution in [2.45, 2.75) is 6.18 Å². The lowest BCUT2D eigenvalue weighted by Crippen LogP contribution is -2.08. The lowest BCUT2D eigenvalue weighted by molar-refractivity contribution is -0.141. The zero-order chi connectivity index (χ0) is 14.9. The number of hydrogen-bond acceptors (Lipinski definition) is 3. The number of benzene rings is 1. The van der Waals surface area contributed by atoms with Crippen molar-refractivity contribution in [3.63, 3.8) is 0 Å². The lowest BCUT2D eigenvalue weighted by Gasteiger charge is -2.12. The highest BCUT2D eigenvalue weighted by Crippen LogP contribution is 2.35. The van der Waals surface area contributed by atoms with Crippen molar-refractivity contribution >= 4 is 21.6 Å². The van der Waals surface area contributed by atoms with Gasteiger partial charge in [-0.2, -0.15) is 13.2 Å². The predicted molar refractivity (Wildman–Crippen MR) is 67.8 cm³/mol. The number of alkyl halides is 3. The molecule has 0 aliphatic rings. The van der Waals surface area contributed by atoms with E-state index < -0.39 is 17.7 Å². The van der Waals surface area contributed by atoms with Crippen LogP contribution in [0.3, 0.4) is 0 Å². The first-order chi connectivity index (χ1) is 9.27. The molecule has 0 saturated heterocycles. The maximum absolute atomic E-state index is 13.6. The minimum absolute atomic E-state index is 0.125. The topological polar surface area (TPSA) is 48.1 Å². The summed E-state index contributed by atoms with van der Waals surface area (Å²) in [6.07, 6.45) is -3.82. The Bertz CT molecular complexity index is 646. The molecule has 1 heterocycles. The number of nitrogens with two attached hydrogens (primary N) is 1. The fraction of sp³-hybridized carbons (Fsp3) is 0.0833. The Morgan fingerprint density at radius 2 is 1.85 bits per heavy atom. The third-order valence-corrected chi connectivity index (χ3v) is 2.79. The largest absolute Gasteiger partial charge is 0.452 e. The highest BCUT2D eigenvalue weighted by Gasteiger charge is 2.33. The van der Waals surface area contributed by atoms with Gasteiger partial charge in [0.25, 0.3) is 0 Å². The average molecular weight is 351 g/mol. The fourth-order valence-corrected chi connectivity index (χ4v) is 1.70. The summed E-state index contributed by atoms with van der Waals surface area (Å²) in [5.74, 6) is -1.28. The van der Waals surface area contributed by atoms with Gasteiger partial charge >= 0.3 is 6.18 Å². The van der Waals surface area contributed by atoms with Crippen LogP contribution in [0.25, 0.3) is 0 Å². The van der Waals surface area contributed by atoms with Crippen LogP contribution >= 0.6 is 15.9 Å². The molecular formula is C12H7BrF4N2O. The molecule has 106 valence electrons. The number of nitrogen functional groups attached to an aromatic ring is 1. The first-order valence-electron chi connectivity index (χ1n) is 5.23. The van der Waals surface area contributed by atoms with Crippen LogP contribution in [0, 0.1) is 5.82 Å². The molecule has 0 aliphatic heterocycles. The van der Waals surface area contributed by atoms with E-state index in [2.05, 4.69) is 20.9 Å². The third kappa shape index (κ3) is 3.19. The van der Waals surface area contributed by atoms with E-state index in [4.69, 9.17) is 10.5 Å². The molecule has 0 fully saturated rings. The quantitative estimate of drug-likeness (QED) is 0.817. The van der Waals surface area contributed by atoms with Gasteiger partial charge in [0, 0.05) is 10.5 Å². The van der Waals surface area contributed by atoms with E-state index in [9.17, 15) is 17.6 Å². The highest BCUT2D eigenvalue weighted by atomic mass is 79.9.